The summed E-state index contributed by atoms with van der Waals surface area (Å²) in [5.41, 5.74) is 5.63. The van der Waals surface area contributed by atoms with Crippen molar-refractivity contribution in [3.05, 3.63) is 29.6 Å². The quantitative estimate of drug-likeness (QED) is 0.347. The number of hydrogen-bond acceptors (Lipinski definition) is 3. The molecule has 0 heterocycles. The second-order valence-electron chi connectivity index (χ2n) is 3.29. The molecule has 0 atom stereocenters. The Bertz CT molecular complexity index is 378. The van der Waals surface area contributed by atoms with Crippen LogP contribution in [0, 0.1) is 5.82 Å². The molecule has 0 unspecified atom stereocenters. The Morgan fingerprint density at radius 2 is 2.20 bits per heavy atom. The van der Waals surface area contributed by atoms with Crippen LogP contribution < -0.4 is 10.5 Å². The highest BCUT2D eigenvalue weighted by atomic mass is 19.1. The maximum atomic E-state index is 12.9. The van der Waals surface area contributed by atoms with Gasteiger partial charge >= 0.3 is 0 Å². The van der Waals surface area contributed by atoms with Crippen LogP contribution in [-0.2, 0) is 0 Å². The maximum Gasteiger partial charge on any atom is 0.173 e. The maximum absolute atomic E-state index is 12.9. The van der Waals surface area contributed by atoms with Crippen LogP contribution >= 0.6 is 0 Å². The molecule has 0 aliphatic carbocycles. The van der Waals surface area contributed by atoms with E-state index in [-0.39, 0.29) is 17.5 Å². The van der Waals surface area contributed by atoms with Crippen LogP contribution in [0.25, 0.3) is 0 Å². The molecular weight excluding hydrogens is 199 g/mol. The fourth-order valence-electron chi connectivity index (χ4n) is 1.11. The largest absolute Gasteiger partial charge is 0.490 e. The second-order valence-corrected chi connectivity index (χ2v) is 3.29. The van der Waals surface area contributed by atoms with Crippen molar-refractivity contribution in [1.29, 1.82) is 0 Å². The molecule has 5 heteroatoms. The number of halogens is 1. The van der Waals surface area contributed by atoms with Gasteiger partial charge in [-0.05, 0) is 32.0 Å². The minimum atomic E-state index is -0.465. The summed E-state index contributed by atoms with van der Waals surface area (Å²) in [4.78, 5) is 0. The molecule has 0 spiro atoms. The van der Waals surface area contributed by atoms with Crippen LogP contribution in [0.4, 0.5) is 4.39 Å². The monoisotopic (exact) mass is 212 g/mol. The summed E-state index contributed by atoms with van der Waals surface area (Å²) in [5, 5.41) is 11.3. The smallest absolute Gasteiger partial charge is 0.173 e. The van der Waals surface area contributed by atoms with Crippen molar-refractivity contribution in [3.8, 4) is 5.75 Å². The van der Waals surface area contributed by atoms with Crippen LogP contribution in [0.1, 0.15) is 19.4 Å². The molecular formula is C10H13FN2O2. The molecule has 1 aromatic carbocycles. The van der Waals surface area contributed by atoms with Gasteiger partial charge in [0.05, 0.1) is 11.7 Å². The average molecular weight is 212 g/mol. The van der Waals surface area contributed by atoms with E-state index in [1.807, 2.05) is 13.8 Å². The lowest BCUT2D eigenvalue weighted by Crippen LogP contribution is -2.17. The lowest BCUT2D eigenvalue weighted by molar-refractivity contribution is 0.241. The van der Waals surface area contributed by atoms with Crippen LogP contribution in [-0.4, -0.2) is 17.1 Å². The summed E-state index contributed by atoms with van der Waals surface area (Å²) in [6.07, 6.45) is -0.0688. The van der Waals surface area contributed by atoms with Crippen molar-refractivity contribution in [2.24, 2.45) is 10.9 Å². The second kappa shape index (κ2) is 4.63. The van der Waals surface area contributed by atoms with Crippen LogP contribution in [0.2, 0.25) is 0 Å². The number of rotatable bonds is 3. The number of amidine groups is 1. The first-order valence-corrected chi connectivity index (χ1v) is 4.48. The van der Waals surface area contributed by atoms with Crippen molar-refractivity contribution < 1.29 is 14.3 Å². The summed E-state index contributed by atoms with van der Waals surface area (Å²) in [5.74, 6) is -0.250. The fourth-order valence-corrected chi connectivity index (χ4v) is 1.11. The van der Waals surface area contributed by atoms with Gasteiger partial charge in [-0.2, -0.15) is 0 Å². The number of oxime groups is 1. The summed E-state index contributed by atoms with van der Waals surface area (Å²) in [6.45, 7) is 3.67. The molecule has 0 bridgehead atoms. The van der Waals surface area contributed by atoms with E-state index in [2.05, 4.69) is 5.16 Å². The molecule has 0 radical (unpaired) electrons. The van der Waals surface area contributed by atoms with Gasteiger partial charge in [0.15, 0.2) is 5.84 Å². The van der Waals surface area contributed by atoms with Gasteiger partial charge < -0.3 is 15.7 Å². The van der Waals surface area contributed by atoms with E-state index in [0.29, 0.717) is 5.75 Å². The average Bonchev–Trinajstić information content (AvgIpc) is 2.19. The molecule has 0 aromatic heterocycles. The summed E-state index contributed by atoms with van der Waals surface area (Å²) >= 11 is 0. The summed E-state index contributed by atoms with van der Waals surface area (Å²) < 4.78 is 18.3. The molecule has 0 saturated heterocycles. The Kier molecular flexibility index (Phi) is 3.49. The lowest BCUT2D eigenvalue weighted by Gasteiger charge is -2.13. The minimum Gasteiger partial charge on any atom is -0.490 e. The highest BCUT2D eigenvalue weighted by Crippen LogP contribution is 2.20. The van der Waals surface area contributed by atoms with E-state index in [9.17, 15) is 4.39 Å². The van der Waals surface area contributed by atoms with Gasteiger partial charge in [-0.3, -0.25) is 0 Å². The third kappa shape index (κ3) is 2.83. The van der Waals surface area contributed by atoms with Gasteiger partial charge in [0, 0.05) is 0 Å². The Hall–Kier alpha value is -1.78. The Labute approximate surface area is 87.2 Å². The van der Waals surface area contributed by atoms with Crippen molar-refractivity contribution in [3.63, 3.8) is 0 Å². The van der Waals surface area contributed by atoms with E-state index < -0.39 is 5.82 Å². The first-order valence-electron chi connectivity index (χ1n) is 4.48. The van der Waals surface area contributed by atoms with Gasteiger partial charge in [-0.1, -0.05) is 5.16 Å². The van der Waals surface area contributed by atoms with Crippen LogP contribution in [0.15, 0.2) is 23.4 Å². The van der Waals surface area contributed by atoms with Gasteiger partial charge in [0.1, 0.15) is 11.6 Å². The Morgan fingerprint density at radius 1 is 1.53 bits per heavy atom. The lowest BCUT2D eigenvalue weighted by atomic mass is 10.2. The zero-order chi connectivity index (χ0) is 11.4. The fraction of sp³-hybridized carbons (Fsp3) is 0.300. The highest BCUT2D eigenvalue weighted by molar-refractivity contribution is 5.99. The first kappa shape index (κ1) is 11.3. The molecule has 0 amide bonds. The molecule has 82 valence electrons. The van der Waals surface area contributed by atoms with Crippen LogP contribution in [0.3, 0.4) is 0 Å². The number of benzene rings is 1. The molecule has 4 nitrogen and oxygen atoms in total. The molecule has 0 saturated carbocycles. The van der Waals surface area contributed by atoms with Gasteiger partial charge in [0.2, 0.25) is 0 Å². The predicted molar refractivity (Wildman–Crippen MR) is 54.7 cm³/mol. The normalized spacial score (nSPS) is 11.9. The molecule has 0 fully saturated rings. The number of hydrogen-bond donors (Lipinski definition) is 2. The molecule has 1 rings (SSSR count). The first-order chi connectivity index (χ1) is 7.04. The van der Waals surface area contributed by atoms with E-state index in [0.717, 1.165) is 6.07 Å². The van der Waals surface area contributed by atoms with Crippen molar-refractivity contribution in [1.82, 2.24) is 0 Å². The topological polar surface area (TPSA) is 67.8 Å². The minimum absolute atomic E-state index is 0.0688. The third-order valence-electron chi connectivity index (χ3n) is 1.69. The molecule has 0 aliphatic rings. The van der Waals surface area contributed by atoms with Gasteiger partial charge in [0.25, 0.3) is 0 Å². The summed E-state index contributed by atoms with van der Waals surface area (Å²) in [6, 6.07) is 3.86. The van der Waals surface area contributed by atoms with Crippen molar-refractivity contribution >= 4 is 5.84 Å². The Balaban J connectivity index is 3.14. The molecule has 0 aliphatic heterocycles. The van der Waals surface area contributed by atoms with E-state index in [1.54, 1.807) is 0 Å². The van der Waals surface area contributed by atoms with E-state index >= 15 is 0 Å². The van der Waals surface area contributed by atoms with Crippen molar-refractivity contribution in [2.45, 2.75) is 20.0 Å². The SMILES string of the molecule is CC(C)Oc1ccc(F)cc1C(N)=NO. The standard InChI is InChI=1S/C10H13FN2O2/c1-6(2)15-9-4-3-7(11)5-8(9)10(12)13-14/h3-6,14H,1-2H3,(H2,12,13). The molecule has 3 N–H and O–H groups in total. The predicted octanol–water partition coefficient (Wildman–Crippen LogP) is 1.71. The third-order valence-corrected chi connectivity index (χ3v) is 1.69. The van der Waals surface area contributed by atoms with E-state index in [1.165, 1.54) is 12.1 Å². The van der Waals surface area contributed by atoms with Crippen LogP contribution in [0.5, 0.6) is 5.75 Å². The summed E-state index contributed by atoms with van der Waals surface area (Å²) in [7, 11) is 0. The zero-order valence-electron chi connectivity index (χ0n) is 8.57. The highest BCUT2D eigenvalue weighted by Gasteiger charge is 2.10. The number of ether oxygens (including phenoxy) is 1. The van der Waals surface area contributed by atoms with Gasteiger partial charge in [-0.25, -0.2) is 4.39 Å². The van der Waals surface area contributed by atoms with Crippen molar-refractivity contribution in [2.75, 3.05) is 0 Å². The number of nitrogens with two attached hydrogens (primary N) is 1. The molecule has 15 heavy (non-hydrogen) atoms. The number of nitrogens with zero attached hydrogens (tertiary/aromatic N) is 1. The van der Waals surface area contributed by atoms with E-state index in [4.69, 9.17) is 15.7 Å². The Morgan fingerprint density at radius 3 is 2.73 bits per heavy atom. The zero-order valence-corrected chi connectivity index (χ0v) is 8.57. The van der Waals surface area contributed by atoms with Gasteiger partial charge in [-0.15, -0.1) is 0 Å². The molecule has 1 aromatic rings.